The highest BCUT2D eigenvalue weighted by Gasteiger charge is 2.27. The van der Waals surface area contributed by atoms with Gasteiger partial charge in [0.05, 0.1) is 0 Å². The van der Waals surface area contributed by atoms with Crippen LogP contribution in [0.25, 0.3) is 0 Å². The van der Waals surface area contributed by atoms with Crippen LogP contribution in [-0.2, 0) is 11.2 Å². The second-order valence-electron chi connectivity index (χ2n) is 5.55. The standard InChI is InChI=1S/C15H24N2O/c1-4-5-11-6-8-12(9-7-11)13(16)10-15(2,3)14(17)18/h6-9,13H,4-5,10,16H2,1-3H3,(H2,17,18). The minimum absolute atomic E-state index is 0.150. The largest absolute Gasteiger partial charge is 0.369 e. The molecule has 1 unspecified atom stereocenters. The fraction of sp³-hybridized carbons (Fsp3) is 0.533. The molecule has 1 rings (SSSR count). The van der Waals surface area contributed by atoms with Gasteiger partial charge in [-0.25, -0.2) is 0 Å². The van der Waals surface area contributed by atoms with Gasteiger partial charge in [0.2, 0.25) is 5.91 Å². The first-order valence-electron chi connectivity index (χ1n) is 6.51. The van der Waals surface area contributed by atoms with Crippen LogP contribution in [0.15, 0.2) is 24.3 Å². The summed E-state index contributed by atoms with van der Waals surface area (Å²) in [4.78, 5) is 11.3. The lowest BCUT2D eigenvalue weighted by Crippen LogP contribution is -2.34. The highest BCUT2D eigenvalue weighted by Crippen LogP contribution is 2.28. The maximum atomic E-state index is 11.3. The molecular formula is C15H24N2O. The molecule has 3 heteroatoms. The molecule has 0 saturated carbocycles. The van der Waals surface area contributed by atoms with Crippen LogP contribution in [0.1, 0.15) is 50.8 Å². The number of hydrogen-bond donors (Lipinski definition) is 2. The van der Waals surface area contributed by atoms with Crippen molar-refractivity contribution in [3.05, 3.63) is 35.4 Å². The molecule has 0 radical (unpaired) electrons. The molecule has 100 valence electrons. The average Bonchev–Trinajstić information content (AvgIpc) is 2.29. The molecule has 0 spiro atoms. The first-order valence-corrected chi connectivity index (χ1v) is 6.51. The van der Waals surface area contributed by atoms with Gasteiger partial charge in [0.1, 0.15) is 0 Å². The van der Waals surface area contributed by atoms with Gasteiger partial charge in [-0.15, -0.1) is 0 Å². The number of hydrogen-bond acceptors (Lipinski definition) is 2. The number of rotatable bonds is 6. The van der Waals surface area contributed by atoms with Gasteiger partial charge in [-0.3, -0.25) is 4.79 Å². The van der Waals surface area contributed by atoms with Gasteiger partial charge in [-0.05, 0) is 24.0 Å². The molecule has 0 aromatic heterocycles. The van der Waals surface area contributed by atoms with Crippen LogP contribution in [0.2, 0.25) is 0 Å². The smallest absolute Gasteiger partial charge is 0.223 e. The van der Waals surface area contributed by atoms with Crippen LogP contribution in [-0.4, -0.2) is 5.91 Å². The van der Waals surface area contributed by atoms with Crippen molar-refractivity contribution in [2.75, 3.05) is 0 Å². The summed E-state index contributed by atoms with van der Waals surface area (Å²) in [6.07, 6.45) is 2.79. The van der Waals surface area contributed by atoms with Crippen molar-refractivity contribution in [1.82, 2.24) is 0 Å². The molecule has 3 nitrogen and oxygen atoms in total. The zero-order valence-electron chi connectivity index (χ0n) is 11.6. The van der Waals surface area contributed by atoms with E-state index >= 15 is 0 Å². The van der Waals surface area contributed by atoms with Crippen molar-refractivity contribution in [3.63, 3.8) is 0 Å². The van der Waals surface area contributed by atoms with Crippen molar-refractivity contribution in [3.8, 4) is 0 Å². The summed E-state index contributed by atoms with van der Waals surface area (Å²) < 4.78 is 0. The van der Waals surface area contributed by atoms with E-state index in [0.29, 0.717) is 6.42 Å². The molecule has 0 fully saturated rings. The molecule has 1 aromatic carbocycles. The normalized spacial score (nSPS) is 13.3. The Morgan fingerprint density at radius 2 is 1.83 bits per heavy atom. The van der Waals surface area contributed by atoms with E-state index in [9.17, 15) is 4.79 Å². The van der Waals surface area contributed by atoms with Crippen LogP contribution in [0, 0.1) is 5.41 Å². The molecule has 1 amide bonds. The first-order chi connectivity index (χ1) is 8.36. The molecular weight excluding hydrogens is 224 g/mol. The third kappa shape index (κ3) is 3.84. The Morgan fingerprint density at radius 3 is 2.28 bits per heavy atom. The second kappa shape index (κ2) is 6.01. The van der Waals surface area contributed by atoms with Crippen molar-refractivity contribution in [2.24, 2.45) is 16.9 Å². The number of nitrogens with two attached hydrogens (primary N) is 2. The third-order valence-corrected chi connectivity index (χ3v) is 3.34. The summed E-state index contributed by atoms with van der Waals surface area (Å²) in [7, 11) is 0. The predicted octanol–water partition coefficient (Wildman–Crippen LogP) is 2.54. The monoisotopic (exact) mass is 248 g/mol. The molecule has 4 N–H and O–H groups in total. The number of amides is 1. The number of carbonyl (C=O) groups is 1. The van der Waals surface area contributed by atoms with Crippen LogP contribution in [0.3, 0.4) is 0 Å². The van der Waals surface area contributed by atoms with E-state index in [2.05, 4.69) is 19.1 Å². The van der Waals surface area contributed by atoms with E-state index < -0.39 is 5.41 Å². The Kier molecular flexibility index (Phi) is 4.91. The van der Waals surface area contributed by atoms with Crippen LogP contribution in [0.5, 0.6) is 0 Å². The SMILES string of the molecule is CCCc1ccc(C(N)CC(C)(C)C(N)=O)cc1. The number of primary amides is 1. The molecule has 0 aliphatic heterocycles. The zero-order chi connectivity index (χ0) is 13.8. The molecule has 0 aliphatic rings. The van der Waals surface area contributed by atoms with Crippen molar-refractivity contribution < 1.29 is 4.79 Å². The third-order valence-electron chi connectivity index (χ3n) is 3.34. The van der Waals surface area contributed by atoms with E-state index in [-0.39, 0.29) is 11.9 Å². The summed E-state index contributed by atoms with van der Waals surface area (Å²) in [5, 5.41) is 0. The summed E-state index contributed by atoms with van der Waals surface area (Å²) in [6.45, 7) is 5.83. The predicted molar refractivity (Wildman–Crippen MR) is 75.0 cm³/mol. The van der Waals surface area contributed by atoms with Gasteiger partial charge in [0.15, 0.2) is 0 Å². The van der Waals surface area contributed by atoms with Crippen LogP contribution >= 0.6 is 0 Å². The lowest BCUT2D eigenvalue weighted by molar-refractivity contribution is -0.126. The lowest BCUT2D eigenvalue weighted by Gasteiger charge is -2.24. The minimum Gasteiger partial charge on any atom is -0.369 e. The summed E-state index contributed by atoms with van der Waals surface area (Å²) in [6, 6.07) is 8.16. The van der Waals surface area contributed by atoms with Crippen molar-refractivity contribution >= 4 is 5.91 Å². The van der Waals surface area contributed by atoms with Crippen LogP contribution in [0.4, 0.5) is 0 Å². The average molecular weight is 248 g/mol. The van der Waals surface area contributed by atoms with Gasteiger partial charge >= 0.3 is 0 Å². The molecule has 18 heavy (non-hydrogen) atoms. The Bertz CT molecular complexity index is 395. The van der Waals surface area contributed by atoms with Crippen LogP contribution < -0.4 is 11.5 Å². The molecule has 0 saturated heterocycles. The maximum absolute atomic E-state index is 11.3. The summed E-state index contributed by atoms with van der Waals surface area (Å²) in [5.74, 6) is -0.305. The first kappa shape index (κ1) is 14.7. The van der Waals surface area contributed by atoms with E-state index in [1.807, 2.05) is 26.0 Å². The number of aryl methyl sites for hydroxylation is 1. The molecule has 1 aromatic rings. The summed E-state index contributed by atoms with van der Waals surface area (Å²) in [5.41, 5.74) is 13.3. The van der Waals surface area contributed by atoms with Gasteiger partial charge in [-0.1, -0.05) is 51.5 Å². The van der Waals surface area contributed by atoms with Gasteiger partial charge in [0.25, 0.3) is 0 Å². The van der Waals surface area contributed by atoms with Gasteiger partial charge in [0, 0.05) is 11.5 Å². The number of benzene rings is 1. The Balaban J connectivity index is 2.72. The van der Waals surface area contributed by atoms with Gasteiger partial charge < -0.3 is 11.5 Å². The van der Waals surface area contributed by atoms with E-state index in [4.69, 9.17) is 11.5 Å². The summed E-state index contributed by atoms with van der Waals surface area (Å²) >= 11 is 0. The molecule has 0 heterocycles. The molecule has 0 bridgehead atoms. The maximum Gasteiger partial charge on any atom is 0.223 e. The minimum atomic E-state index is -0.568. The second-order valence-corrected chi connectivity index (χ2v) is 5.55. The fourth-order valence-corrected chi connectivity index (χ4v) is 1.99. The zero-order valence-corrected chi connectivity index (χ0v) is 11.6. The Hall–Kier alpha value is -1.35. The lowest BCUT2D eigenvalue weighted by atomic mass is 9.83. The highest BCUT2D eigenvalue weighted by atomic mass is 16.1. The van der Waals surface area contributed by atoms with Gasteiger partial charge in [-0.2, -0.15) is 0 Å². The Labute approximate surface area is 110 Å². The number of carbonyl (C=O) groups excluding carboxylic acids is 1. The fourth-order valence-electron chi connectivity index (χ4n) is 1.99. The highest BCUT2D eigenvalue weighted by molar-refractivity contribution is 5.79. The molecule has 1 atom stereocenters. The topological polar surface area (TPSA) is 69.1 Å². The Morgan fingerprint density at radius 1 is 1.28 bits per heavy atom. The molecule has 0 aliphatic carbocycles. The van der Waals surface area contributed by atoms with E-state index in [1.54, 1.807) is 0 Å². The van der Waals surface area contributed by atoms with E-state index in [1.165, 1.54) is 5.56 Å². The van der Waals surface area contributed by atoms with Crippen molar-refractivity contribution in [2.45, 2.75) is 46.1 Å². The van der Waals surface area contributed by atoms with Crippen molar-refractivity contribution in [1.29, 1.82) is 0 Å². The van der Waals surface area contributed by atoms with E-state index in [0.717, 1.165) is 18.4 Å². The quantitative estimate of drug-likeness (QED) is 0.812.